The van der Waals surface area contributed by atoms with E-state index < -0.39 is 0 Å². The normalized spacial score (nSPS) is 10.2. The van der Waals surface area contributed by atoms with Gasteiger partial charge in [-0.1, -0.05) is 22.0 Å². The minimum absolute atomic E-state index is 0.0225. The van der Waals surface area contributed by atoms with Gasteiger partial charge < -0.3 is 5.32 Å². The van der Waals surface area contributed by atoms with Crippen molar-refractivity contribution in [3.05, 3.63) is 58.3 Å². The lowest BCUT2D eigenvalue weighted by molar-refractivity contribution is -0.116. The summed E-state index contributed by atoms with van der Waals surface area (Å²) < 4.78 is 1.01. The molecule has 0 fully saturated rings. The third-order valence-corrected chi connectivity index (χ3v) is 3.32. The highest BCUT2D eigenvalue weighted by Gasteiger charge is 2.05. The van der Waals surface area contributed by atoms with Crippen molar-refractivity contribution in [1.29, 1.82) is 0 Å². The van der Waals surface area contributed by atoms with E-state index in [2.05, 4.69) is 26.2 Å². The summed E-state index contributed by atoms with van der Waals surface area (Å²) in [6, 6.07) is 9.67. The monoisotopic (exact) mass is 318 g/mol. The molecule has 0 unspecified atom stereocenters. The Bertz CT molecular complexity index is 570. The number of benzene rings is 1. The third kappa shape index (κ3) is 4.17. The maximum atomic E-state index is 11.9. The van der Waals surface area contributed by atoms with Crippen molar-refractivity contribution in [1.82, 2.24) is 4.98 Å². The molecule has 0 radical (unpaired) electrons. The standard InChI is InChI=1S/C15H15BrN2O/c1-11-9-13(16)5-6-14(11)18-15(19)7-4-12-3-2-8-17-10-12/h2-3,5-6,8-10H,4,7H2,1H3,(H,18,19). The molecule has 0 saturated heterocycles. The molecule has 0 aliphatic heterocycles. The summed E-state index contributed by atoms with van der Waals surface area (Å²) in [5.41, 5.74) is 2.98. The number of amides is 1. The summed E-state index contributed by atoms with van der Waals surface area (Å²) in [5.74, 6) is 0.0225. The van der Waals surface area contributed by atoms with E-state index in [-0.39, 0.29) is 5.91 Å². The van der Waals surface area contributed by atoms with Gasteiger partial charge in [0.05, 0.1) is 0 Å². The number of pyridine rings is 1. The van der Waals surface area contributed by atoms with Crippen LogP contribution >= 0.6 is 15.9 Å². The second kappa shape index (κ2) is 6.48. The number of aromatic nitrogens is 1. The van der Waals surface area contributed by atoms with Gasteiger partial charge >= 0.3 is 0 Å². The molecule has 0 saturated carbocycles. The second-order valence-corrected chi connectivity index (χ2v) is 5.28. The molecule has 1 aromatic heterocycles. The molecule has 1 heterocycles. The average Bonchev–Trinajstić information content (AvgIpc) is 2.41. The van der Waals surface area contributed by atoms with Crippen molar-refractivity contribution in [2.24, 2.45) is 0 Å². The van der Waals surface area contributed by atoms with Crippen LogP contribution in [0, 0.1) is 6.92 Å². The number of hydrogen-bond donors (Lipinski definition) is 1. The van der Waals surface area contributed by atoms with Crippen molar-refractivity contribution in [2.75, 3.05) is 5.32 Å². The highest BCUT2D eigenvalue weighted by Crippen LogP contribution is 2.20. The molecule has 2 aromatic rings. The number of nitrogens with one attached hydrogen (secondary N) is 1. The summed E-state index contributed by atoms with van der Waals surface area (Å²) in [6.07, 6.45) is 4.68. The Labute approximate surface area is 121 Å². The summed E-state index contributed by atoms with van der Waals surface area (Å²) in [5, 5.41) is 2.93. The lowest BCUT2D eigenvalue weighted by Crippen LogP contribution is -2.13. The molecule has 0 aliphatic rings. The van der Waals surface area contributed by atoms with Crippen molar-refractivity contribution in [2.45, 2.75) is 19.8 Å². The molecule has 2 rings (SSSR count). The van der Waals surface area contributed by atoms with Crippen molar-refractivity contribution < 1.29 is 4.79 Å². The van der Waals surface area contributed by atoms with E-state index in [0.29, 0.717) is 12.8 Å². The molecular weight excluding hydrogens is 304 g/mol. The fraction of sp³-hybridized carbons (Fsp3) is 0.200. The number of anilines is 1. The van der Waals surface area contributed by atoms with E-state index in [4.69, 9.17) is 0 Å². The van der Waals surface area contributed by atoms with Crippen LogP contribution in [-0.2, 0) is 11.2 Å². The number of halogens is 1. The van der Waals surface area contributed by atoms with E-state index in [1.54, 1.807) is 12.4 Å². The Morgan fingerprint density at radius 3 is 2.89 bits per heavy atom. The van der Waals surface area contributed by atoms with Crippen LogP contribution < -0.4 is 5.32 Å². The van der Waals surface area contributed by atoms with Gasteiger partial charge in [-0.25, -0.2) is 0 Å². The molecule has 98 valence electrons. The van der Waals surface area contributed by atoms with E-state index in [1.807, 2.05) is 37.3 Å². The zero-order chi connectivity index (χ0) is 13.7. The summed E-state index contributed by atoms with van der Waals surface area (Å²) in [7, 11) is 0. The Hall–Kier alpha value is -1.68. The first-order valence-corrected chi connectivity index (χ1v) is 6.89. The summed E-state index contributed by atoms with van der Waals surface area (Å²) >= 11 is 3.40. The maximum absolute atomic E-state index is 11.9. The minimum atomic E-state index is 0.0225. The number of carbonyl (C=O) groups is 1. The van der Waals surface area contributed by atoms with Crippen LogP contribution in [0.2, 0.25) is 0 Å². The van der Waals surface area contributed by atoms with Crippen LogP contribution in [0.25, 0.3) is 0 Å². The number of carbonyl (C=O) groups excluding carboxylic acids is 1. The Morgan fingerprint density at radius 1 is 1.37 bits per heavy atom. The van der Waals surface area contributed by atoms with Crippen LogP contribution in [0.5, 0.6) is 0 Å². The van der Waals surface area contributed by atoms with Crippen LogP contribution in [0.4, 0.5) is 5.69 Å². The number of aryl methyl sites for hydroxylation is 2. The van der Waals surface area contributed by atoms with Crippen molar-refractivity contribution in [3.8, 4) is 0 Å². The fourth-order valence-corrected chi connectivity index (χ4v) is 2.26. The van der Waals surface area contributed by atoms with E-state index >= 15 is 0 Å². The number of nitrogens with zero attached hydrogens (tertiary/aromatic N) is 1. The lowest BCUT2D eigenvalue weighted by atomic mass is 10.1. The first-order chi connectivity index (χ1) is 9.15. The maximum Gasteiger partial charge on any atom is 0.224 e. The highest BCUT2D eigenvalue weighted by atomic mass is 79.9. The van der Waals surface area contributed by atoms with Gasteiger partial charge in [0.1, 0.15) is 0 Å². The topological polar surface area (TPSA) is 42.0 Å². The largest absolute Gasteiger partial charge is 0.326 e. The molecule has 4 heteroatoms. The Morgan fingerprint density at radius 2 is 2.21 bits per heavy atom. The highest BCUT2D eigenvalue weighted by molar-refractivity contribution is 9.10. The second-order valence-electron chi connectivity index (χ2n) is 4.37. The molecule has 0 bridgehead atoms. The molecular formula is C15H15BrN2O. The first kappa shape index (κ1) is 13.7. The van der Waals surface area contributed by atoms with Crippen LogP contribution in [-0.4, -0.2) is 10.9 Å². The zero-order valence-electron chi connectivity index (χ0n) is 10.7. The fourth-order valence-electron chi connectivity index (χ4n) is 1.78. The molecule has 3 nitrogen and oxygen atoms in total. The third-order valence-electron chi connectivity index (χ3n) is 2.83. The van der Waals surface area contributed by atoms with Gasteiger partial charge in [0, 0.05) is 29.0 Å². The number of hydrogen-bond acceptors (Lipinski definition) is 2. The lowest BCUT2D eigenvalue weighted by Gasteiger charge is -2.08. The molecule has 19 heavy (non-hydrogen) atoms. The minimum Gasteiger partial charge on any atom is -0.326 e. The van der Waals surface area contributed by atoms with E-state index in [1.165, 1.54) is 0 Å². The molecule has 1 N–H and O–H groups in total. The van der Waals surface area contributed by atoms with Gasteiger partial charge in [-0.2, -0.15) is 0 Å². The van der Waals surface area contributed by atoms with Crippen LogP contribution in [0.3, 0.4) is 0 Å². The smallest absolute Gasteiger partial charge is 0.224 e. The zero-order valence-corrected chi connectivity index (χ0v) is 12.3. The van der Waals surface area contributed by atoms with Gasteiger partial charge in [0.15, 0.2) is 0 Å². The molecule has 0 spiro atoms. The van der Waals surface area contributed by atoms with Gasteiger partial charge in [-0.15, -0.1) is 0 Å². The van der Waals surface area contributed by atoms with Crippen LogP contribution in [0.1, 0.15) is 17.5 Å². The predicted octanol–water partition coefficient (Wildman–Crippen LogP) is 3.72. The Kier molecular flexibility index (Phi) is 4.68. The Balaban J connectivity index is 1.91. The number of rotatable bonds is 4. The SMILES string of the molecule is Cc1cc(Br)ccc1NC(=O)CCc1cccnc1. The van der Waals surface area contributed by atoms with Gasteiger partial charge in [-0.3, -0.25) is 9.78 Å². The molecule has 0 atom stereocenters. The molecule has 1 amide bonds. The van der Waals surface area contributed by atoms with Gasteiger partial charge in [0.2, 0.25) is 5.91 Å². The van der Waals surface area contributed by atoms with Gasteiger partial charge in [0.25, 0.3) is 0 Å². The van der Waals surface area contributed by atoms with Crippen molar-refractivity contribution in [3.63, 3.8) is 0 Å². The van der Waals surface area contributed by atoms with Gasteiger partial charge in [-0.05, 0) is 48.7 Å². The van der Waals surface area contributed by atoms with E-state index in [9.17, 15) is 4.79 Å². The van der Waals surface area contributed by atoms with Crippen molar-refractivity contribution >= 4 is 27.5 Å². The molecule has 0 aliphatic carbocycles. The molecule has 1 aromatic carbocycles. The average molecular weight is 319 g/mol. The quantitative estimate of drug-likeness (QED) is 0.933. The summed E-state index contributed by atoms with van der Waals surface area (Å²) in [4.78, 5) is 15.9. The predicted molar refractivity (Wildman–Crippen MR) is 80.1 cm³/mol. The van der Waals surface area contributed by atoms with E-state index in [0.717, 1.165) is 21.3 Å². The van der Waals surface area contributed by atoms with Crippen LogP contribution in [0.15, 0.2) is 47.2 Å². The first-order valence-electron chi connectivity index (χ1n) is 6.10. The summed E-state index contributed by atoms with van der Waals surface area (Å²) in [6.45, 7) is 1.97.